The van der Waals surface area contributed by atoms with Gasteiger partial charge >= 0.3 is 0 Å². The number of hydrogen-bond acceptors (Lipinski definition) is 3. The first kappa shape index (κ1) is 15.7. The van der Waals surface area contributed by atoms with Crippen molar-refractivity contribution in [2.45, 2.75) is 32.6 Å². The molecule has 18 heavy (non-hydrogen) atoms. The predicted octanol–water partition coefficient (Wildman–Crippen LogP) is 1.60. The van der Waals surface area contributed by atoms with Crippen LogP contribution in [0.1, 0.15) is 32.6 Å². The van der Waals surface area contributed by atoms with Crippen molar-refractivity contribution in [3.8, 4) is 0 Å². The molecule has 1 aliphatic rings. The third kappa shape index (κ3) is 5.50. The average molecular weight is 274 g/mol. The molecule has 1 heterocycles. The third-order valence-corrected chi connectivity index (χ3v) is 4.72. The predicted molar refractivity (Wildman–Crippen MR) is 76.1 cm³/mol. The zero-order valence-electron chi connectivity index (χ0n) is 11.8. The maximum Gasteiger partial charge on any atom is 0.211 e. The zero-order chi connectivity index (χ0) is 13.6. The van der Waals surface area contributed by atoms with Crippen molar-refractivity contribution in [3.05, 3.63) is 11.6 Å². The summed E-state index contributed by atoms with van der Waals surface area (Å²) in [6.45, 7) is 4.53. The Hall–Kier alpha value is -0.390. The van der Waals surface area contributed by atoms with Crippen molar-refractivity contribution in [1.29, 1.82) is 0 Å². The van der Waals surface area contributed by atoms with Gasteiger partial charge in [-0.2, -0.15) is 0 Å². The van der Waals surface area contributed by atoms with Crippen LogP contribution in [-0.4, -0.2) is 45.7 Å². The summed E-state index contributed by atoms with van der Waals surface area (Å²) in [6, 6.07) is 0. The van der Waals surface area contributed by atoms with E-state index in [4.69, 9.17) is 0 Å². The lowest BCUT2D eigenvalue weighted by Gasteiger charge is -2.31. The molecule has 1 aliphatic heterocycles. The monoisotopic (exact) mass is 274 g/mol. The number of hydrogen-bond donors (Lipinski definition) is 1. The van der Waals surface area contributed by atoms with Crippen molar-refractivity contribution in [3.63, 3.8) is 0 Å². The summed E-state index contributed by atoms with van der Waals surface area (Å²) in [5, 5.41) is 3.12. The molecule has 0 saturated carbocycles. The van der Waals surface area contributed by atoms with Crippen molar-refractivity contribution in [1.82, 2.24) is 9.62 Å². The molecule has 0 aromatic heterocycles. The molecule has 0 aromatic carbocycles. The minimum Gasteiger partial charge on any atom is -0.319 e. The van der Waals surface area contributed by atoms with Gasteiger partial charge in [0.2, 0.25) is 10.0 Å². The Labute approximate surface area is 111 Å². The lowest BCUT2D eigenvalue weighted by Crippen LogP contribution is -2.39. The molecule has 0 bridgehead atoms. The Morgan fingerprint density at radius 1 is 1.50 bits per heavy atom. The number of nitrogens with zero attached hydrogens (tertiary/aromatic N) is 1. The van der Waals surface area contributed by atoms with Gasteiger partial charge in [-0.1, -0.05) is 11.6 Å². The fourth-order valence-electron chi connectivity index (χ4n) is 2.50. The van der Waals surface area contributed by atoms with Crippen LogP contribution < -0.4 is 5.32 Å². The van der Waals surface area contributed by atoms with Gasteiger partial charge in [-0.25, -0.2) is 12.7 Å². The smallest absolute Gasteiger partial charge is 0.211 e. The van der Waals surface area contributed by atoms with Crippen LogP contribution in [0.2, 0.25) is 0 Å². The van der Waals surface area contributed by atoms with E-state index in [1.807, 2.05) is 7.05 Å². The van der Waals surface area contributed by atoms with Gasteiger partial charge in [0, 0.05) is 13.1 Å². The van der Waals surface area contributed by atoms with Crippen molar-refractivity contribution >= 4 is 10.0 Å². The van der Waals surface area contributed by atoms with E-state index in [-0.39, 0.29) is 0 Å². The number of piperidine rings is 1. The summed E-state index contributed by atoms with van der Waals surface area (Å²) in [4.78, 5) is 0. The quantitative estimate of drug-likeness (QED) is 0.591. The Bertz CT molecular complexity index is 376. The zero-order valence-corrected chi connectivity index (χ0v) is 12.6. The normalized spacial score (nSPS) is 23.3. The second-order valence-corrected chi connectivity index (χ2v) is 7.26. The molecule has 4 nitrogen and oxygen atoms in total. The van der Waals surface area contributed by atoms with E-state index in [9.17, 15) is 8.42 Å². The molecular formula is C13H26N2O2S. The maximum absolute atomic E-state index is 11.5. The number of allylic oxidation sites excluding steroid dienone is 1. The minimum atomic E-state index is -3.01. The highest BCUT2D eigenvalue weighted by Gasteiger charge is 2.25. The van der Waals surface area contributed by atoms with E-state index in [0.717, 1.165) is 32.2 Å². The fourth-order valence-corrected chi connectivity index (χ4v) is 3.44. The van der Waals surface area contributed by atoms with E-state index in [0.29, 0.717) is 19.0 Å². The fraction of sp³-hybridized carbons (Fsp3) is 0.846. The second kappa shape index (κ2) is 7.26. The van der Waals surface area contributed by atoms with Gasteiger partial charge in [0.25, 0.3) is 0 Å². The van der Waals surface area contributed by atoms with Gasteiger partial charge in [-0.15, -0.1) is 0 Å². The van der Waals surface area contributed by atoms with Gasteiger partial charge in [0.05, 0.1) is 6.26 Å². The molecule has 0 spiro atoms. The van der Waals surface area contributed by atoms with E-state index in [2.05, 4.69) is 18.3 Å². The number of rotatable bonds is 6. The van der Waals surface area contributed by atoms with Crippen molar-refractivity contribution in [2.24, 2.45) is 5.92 Å². The van der Waals surface area contributed by atoms with Gasteiger partial charge < -0.3 is 5.32 Å². The first-order chi connectivity index (χ1) is 8.43. The molecule has 0 radical (unpaired) electrons. The van der Waals surface area contributed by atoms with Gasteiger partial charge in [0.1, 0.15) is 0 Å². The summed E-state index contributed by atoms with van der Waals surface area (Å²) in [5.74, 6) is 0.485. The number of nitrogens with one attached hydrogen (secondary N) is 1. The molecule has 1 N–H and O–H groups in total. The molecular weight excluding hydrogens is 248 g/mol. The van der Waals surface area contributed by atoms with Gasteiger partial charge in [0.15, 0.2) is 0 Å². The standard InChI is InChI=1S/C13H26N2O2S/c1-12(6-4-8-14-2)10-13-7-5-9-15(11-13)18(3,16)17/h6,13-14H,4-5,7-11H2,1-3H3. The summed E-state index contributed by atoms with van der Waals surface area (Å²) < 4.78 is 24.7. The van der Waals surface area contributed by atoms with Crippen molar-refractivity contribution in [2.75, 3.05) is 32.9 Å². The van der Waals surface area contributed by atoms with Crippen LogP contribution in [0, 0.1) is 5.92 Å². The minimum absolute atomic E-state index is 0.485. The molecule has 106 valence electrons. The van der Waals surface area contributed by atoms with Crippen LogP contribution in [0.15, 0.2) is 11.6 Å². The lowest BCUT2D eigenvalue weighted by atomic mass is 9.92. The average Bonchev–Trinajstić information content (AvgIpc) is 2.28. The highest BCUT2D eigenvalue weighted by molar-refractivity contribution is 7.88. The van der Waals surface area contributed by atoms with Crippen LogP contribution in [0.3, 0.4) is 0 Å². The van der Waals surface area contributed by atoms with E-state index in [1.54, 1.807) is 4.31 Å². The van der Waals surface area contributed by atoms with E-state index >= 15 is 0 Å². The third-order valence-electron chi connectivity index (χ3n) is 3.45. The SMILES string of the molecule is CNCCC=C(C)CC1CCCN(S(C)(=O)=O)C1. The van der Waals surface area contributed by atoms with Crippen molar-refractivity contribution < 1.29 is 8.42 Å². The Morgan fingerprint density at radius 2 is 2.22 bits per heavy atom. The molecule has 1 atom stereocenters. The van der Waals surface area contributed by atoms with Crippen LogP contribution in [0.25, 0.3) is 0 Å². The molecule has 0 aromatic rings. The summed E-state index contributed by atoms with van der Waals surface area (Å²) in [6.07, 6.45) is 7.77. The van der Waals surface area contributed by atoms with E-state index in [1.165, 1.54) is 11.8 Å². The molecule has 1 unspecified atom stereocenters. The summed E-state index contributed by atoms with van der Waals surface area (Å²) >= 11 is 0. The van der Waals surface area contributed by atoms with Crippen LogP contribution in [0.5, 0.6) is 0 Å². The number of sulfonamides is 1. The molecule has 0 aliphatic carbocycles. The molecule has 5 heteroatoms. The highest BCUT2D eigenvalue weighted by atomic mass is 32.2. The summed E-state index contributed by atoms with van der Waals surface area (Å²) in [5.41, 5.74) is 1.38. The first-order valence-corrected chi connectivity index (χ1v) is 8.53. The Morgan fingerprint density at radius 3 is 2.83 bits per heavy atom. The van der Waals surface area contributed by atoms with E-state index < -0.39 is 10.0 Å². The molecule has 1 fully saturated rings. The Balaban J connectivity index is 2.45. The Kier molecular flexibility index (Phi) is 6.32. The summed E-state index contributed by atoms with van der Waals surface area (Å²) in [7, 11) is -1.06. The second-order valence-electron chi connectivity index (χ2n) is 5.28. The van der Waals surface area contributed by atoms with Crippen LogP contribution >= 0.6 is 0 Å². The topological polar surface area (TPSA) is 49.4 Å². The molecule has 1 rings (SSSR count). The molecule has 0 amide bonds. The highest BCUT2D eigenvalue weighted by Crippen LogP contribution is 2.24. The van der Waals surface area contributed by atoms with Gasteiger partial charge in [-0.05, 0) is 52.1 Å². The molecule has 1 saturated heterocycles. The maximum atomic E-state index is 11.5. The van der Waals surface area contributed by atoms with Gasteiger partial charge in [-0.3, -0.25) is 0 Å². The lowest BCUT2D eigenvalue weighted by molar-refractivity contribution is 0.266. The van der Waals surface area contributed by atoms with Crippen LogP contribution in [-0.2, 0) is 10.0 Å². The largest absolute Gasteiger partial charge is 0.319 e. The first-order valence-electron chi connectivity index (χ1n) is 6.69. The van der Waals surface area contributed by atoms with Crippen LogP contribution in [0.4, 0.5) is 0 Å².